The second-order valence-electron chi connectivity index (χ2n) is 6.87. The van der Waals surface area contributed by atoms with Crippen molar-refractivity contribution in [3.63, 3.8) is 0 Å². The number of amides is 1. The summed E-state index contributed by atoms with van der Waals surface area (Å²) >= 11 is 6.09. The van der Waals surface area contributed by atoms with Gasteiger partial charge in [0.2, 0.25) is 0 Å². The predicted molar refractivity (Wildman–Crippen MR) is 107 cm³/mol. The van der Waals surface area contributed by atoms with Crippen LogP contribution in [0.4, 0.5) is 5.69 Å². The largest absolute Gasteiger partial charge is 0.360 e. The number of hydrogen-bond donors (Lipinski definition) is 2. The van der Waals surface area contributed by atoms with Crippen LogP contribution >= 0.6 is 11.6 Å². The van der Waals surface area contributed by atoms with Crippen molar-refractivity contribution in [3.8, 4) is 0 Å². The number of piperazine rings is 1. The maximum absolute atomic E-state index is 12.5. The van der Waals surface area contributed by atoms with Crippen LogP contribution in [0.25, 0.3) is 0 Å². The summed E-state index contributed by atoms with van der Waals surface area (Å²) < 4.78 is 0. The number of rotatable bonds is 6. The zero-order valence-electron chi connectivity index (χ0n) is 15.2. The molecular weight excluding hydrogens is 346 g/mol. The first-order valence-electron chi connectivity index (χ1n) is 9.30. The van der Waals surface area contributed by atoms with Gasteiger partial charge in [-0.05, 0) is 37.1 Å². The Hall–Kier alpha value is -2.04. The minimum Gasteiger partial charge on any atom is -0.360 e. The molecule has 0 spiro atoms. The van der Waals surface area contributed by atoms with Gasteiger partial charge in [-0.25, -0.2) is 0 Å². The predicted octanol–water partition coefficient (Wildman–Crippen LogP) is 1.79. The number of hydrogen-bond acceptors (Lipinski definition) is 2. The van der Waals surface area contributed by atoms with E-state index in [2.05, 4.69) is 28.4 Å². The fourth-order valence-electron chi connectivity index (χ4n) is 3.47. The minimum absolute atomic E-state index is 0.0210. The summed E-state index contributed by atoms with van der Waals surface area (Å²) in [5.74, 6) is 0.145. The molecule has 0 unspecified atom stereocenters. The molecule has 1 aliphatic heterocycles. The van der Waals surface area contributed by atoms with Crippen molar-refractivity contribution < 1.29 is 9.69 Å². The van der Waals surface area contributed by atoms with Crippen molar-refractivity contribution >= 4 is 23.2 Å². The van der Waals surface area contributed by atoms with Crippen LogP contribution in [0.2, 0.25) is 5.02 Å². The summed E-state index contributed by atoms with van der Waals surface area (Å²) in [5.41, 5.74) is 2.42. The molecule has 26 heavy (non-hydrogen) atoms. The molecule has 2 N–H and O–H groups in total. The lowest BCUT2D eigenvalue weighted by molar-refractivity contribution is -0.914. The molecule has 0 bridgehead atoms. The fourth-order valence-corrected chi connectivity index (χ4v) is 3.66. The van der Waals surface area contributed by atoms with Crippen LogP contribution in [0, 0.1) is 0 Å². The highest BCUT2D eigenvalue weighted by Crippen LogP contribution is 2.19. The number of halogens is 1. The number of nitrogens with one attached hydrogen (secondary N) is 2. The normalized spacial score (nSPS) is 16.3. The van der Waals surface area contributed by atoms with Crippen LogP contribution in [-0.4, -0.2) is 44.7 Å². The smallest absolute Gasteiger partial charge is 0.278 e. The molecular formula is C21H27ClN3O+. The molecule has 3 rings (SSSR count). The molecule has 0 aromatic heterocycles. The SMILES string of the molecule is C[C@H](C(=O)NCCc1ccccc1)[NH+]1CCN(c2cccc(Cl)c2)CC1. The van der Waals surface area contributed by atoms with E-state index in [0.29, 0.717) is 6.54 Å². The van der Waals surface area contributed by atoms with Gasteiger partial charge in [0.25, 0.3) is 5.91 Å². The highest BCUT2D eigenvalue weighted by Gasteiger charge is 2.29. The van der Waals surface area contributed by atoms with Gasteiger partial charge in [0.1, 0.15) is 0 Å². The summed E-state index contributed by atoms with van der Waals surface area (Å²) in [6.07, 6.45) is 0.872. The molecule has 1 atom stereocenters. The van der Waals surface area contributed by atoms with Crippen molar-refractivity contribution in [1.82, 2.24) is 5.32 Å². The van der Waals surface area contributed by atoms with E-state index in [1.807, 2.05) is 43.3 Å². The molecule has 2 aromatic carbocycles. The second-order valence-corrected chi connectivity index (χ2v) is 7.31. The Bertz CT molecular complexity index is 714. The van der Waals surface area contributed by atoms with E-state index in [9.17, 15) is 4.79 Å². The Kier molecular flexibility index (Phi) is 6.53. The first kappa shape index (κ1) is 18.7. The van der Waals surface area contributed by atoms with Gasteiger partial charge in [-0.15, -0.1) is 0 Å². The lowest BCUT2D eigenvalue weighted by Gasteiger charge is -2.36. The average Bonchev–Trinajstić information content (AvgIpc) is 2.68. The first-order chi connectivity index (χ1) is 12.6. The summed E-state index contributed by atoms with van der Waals surface area (Å²) in [7, 11) is 0. The number of nitrogens with zero attached hydrogens (tertiary/aromatic N) is 1. The van der Waals surface area contributed by atoms with Gasteiger partial charge in [0.05, 0.1) is 26.2 Å². The van der Waals surface area contributed by atoms with Crippen LogP contribution in [0.3, 0.4) is 0 Å². The third kappa shape index (κ3) is 4.99. The van der Waals surface area contributed by atoms with Gasteiger partial charge in [-0.3, -0.25) is 4.79 Å². The van der Waals surface area contributed by atoms with E-state index < -0.39 is 0 Å². The van der Waals surface area contributed by atoms with Crippen molar-refractivity contribution in [2.24, 2.45) is 0 Å². The van der Waals surface area contributed by atoms with Crippen molar-refractivity contribution in [1.29, 1.82) is 0 Å². The van der Waals surface area contributed by atoms with Crippen LogP contribution in [-0.2, 0) is 11.2 Å². The third-order valence-electron chi connectivity index (χ3n) is 5.14. The van der Waals surface area contributed by atoms with Crippen LogP contribution in [0.5, 0.6) is 0 Å². The summed E-state index contributed by atoms with van der Waals surface area (Å²) in [5, 5.41) is 3.85. The van der Waals surface area contributed by atoms with Crippen LogP contribution in [0.1, 0.15) is 12.5 Å². The molecule has 5 heteroatoms. The van der Waals surface area contributed by atoms with Gasteiger partial charge >= 0.3 is 0 Å². The molecule has 0 saturated carbocycles. The van der Waals surface area contributed by atoms with Crippen molar-refractivity contribution in [2.75, 3.05) is 37.6 Å². The highest BCUT2D eigenvalue weighted by molar-refractivity contribution is 6.30. The maximum atomic E-state index is 12.5. The standard InChI is InChI=1S/C21H26ClN3O/c1-17(21(26)23-11-10-18-6-3-2-4-7-18)24-12-14-25(15-13-24)20-9-5-8-19(22)16-20/h2-9,16-17H,10-15H2,1H3,(H,23,26)/p+1/t17-/m1/s1. The van der Waals surface area contributed by atoms with E-state index in [1.54, 1.807) is 0 Å². The second kappa shape index (κ2) is 9.06. The number of carbonyl (C=O) groups excluding carboxylic acids is 1. The van der Waals surface area contributed by atoms with Gasteiger partial charge in [-0.1, -0.05) is 48.0 Å². The molecule has 1 amide bonds. The Morgan fingerprint density at radius 3 is 2.58 bits per heavy atom. The molecule has 1 fully saturated rings. The topological polar surface area (TPSA) is 36.8 Å². The lowest BCUT2D eigenvalue weighted by atomic mass is 10.1. The van der Waals surface area contributed by atoms with E-state index in [1.165, 1.54) is 10.5 Å². The Labute approximate surface area is 160 Å². The molecule has 2 aromatic rings. The highest BCUT2D eigenvalue weighted by atomic mass is 35.5. The summed E-state index contributed by atoms with van der Waals surface area (Å²) in [6.45, 7) is 6.52. The number of benzene rings is 2. The number of anilines is 1. The average molecular weight is 373 g/mol. The molecule has 1 heterocycles. The molecule has 0 radical (unpaired) electrons. The number of carbonyl (C=O) groups is 1. The van der Waals surface area contributed by atoms with Crippen LogP contribution in [0.15, 0.2) is 54.6 Å². The van der Waals surface area contributed by atoms with Crippen molar-refractivity contribution in [2.45, 2.75) is 19.4 Å². The van der Waals surface area contributed by atoms with Crippen LogP contribution < -0.4 is 15.1 Å². The van der Waals surface area contributed by atoms with E-state index in [4.69, 9.17) is 11.6 Å². The maximum Gasteiger partial charge on any atom is 0.278 e. The first-order valence-corrected chi connectivity index (χ1v) is 9.68. The van der Waals surface area contributed by atoms with E-state index >= 15 is 0 Å². The Balaban J connectivity index is 1.44. The van der Waals surface area contributed by atoms with Crippen molar-refractivity contribution in [3.05, 3.63) is 65.2 Å². The Morgan fingerprint density at radius 1 is 1.15 bits per heavy atom. The summed E-state index contributed by atoms with van der Waals surface area (Å²) in [4.78, 5) is 16.2. The molecule has 1 saturated heterocycles. The molecule has 4 nitrogen and oxygen atoms in total. The fraction of sp³-hybridized carbons (Fsp3) is 0.381. The molecule has 0 aliphatic carbocycles. The van der Waals surface area contributed by atoms with Gasteiger partial charge < -0.3 is 15.1 Å². The monoisotopic (exact) mass is 372 g/mol. The third-order valence-corrected chi connectivity index (χ3v) is 5.38. The lowest BCUT2D eigenvalue weighted by Crippen LogP contribution is -3.19. The molecule has 138 valence electrons. The van der Waals surface area contributed by atoms with E-state index in [0.717, 1.165) is 43.3 Å². The van der Waals surface area contributed by atoms with Gasteiger partial charge in [0, 0.05) is 17.3 Å². The van der Waals surface area contributed by atoms with E-state index in [-0.39, 0.29) is 11.9 Å². The van der Waals surface area contributed by atoms with Gasteiger partial charge in [0.15, 0.2) is 6.04 Å². The number of quaternary nitrogens is 1. The van der Waals surface area contributed by atoms with Gasteiger partial charge in [-0.2, -0.15) is 0 Å². The molecule has 1 aliphatic rings. The zero-order valence-corrected chi connectivity index (χ0v) is 16.0. The zero-order chi connectivity index (χ0) is 18.4. The Morgan fingerprint density at radius 2 is 1.88 bits per heavy atom. The minimum atomic E-state index is -0.0210. The quantitative estimate of drug-likeness (QED) is 0.811. The summed E-state index contributed by atoms with van der Waals surface area (Å²) in [6, 6.07) is 18.2.